The standard InChI is InChI=1S/C17H16N2O.C4H4O4/c1-19-10-12-6-2-3-7-13(12)14(11-19)17-18-15-8-4-5-9-16(15)20-17;5-3(6)1-2-4(7)8/h2-9,14H,10-11H2,1H3;1-2H,(H,5,6)(H,7,8)/b;2-1-. The van der Waals surface area contributed by atoms with Crippen LogP contribution in [0.5, 0.6) is 0 Å². The Kier molecular flexibility index (Phi) is 5.86. The minimum atomic E-state index is -1.26. The van der Waals surface area contributed by atoms with Gasteiger partial charge in [-0.3, -0.25) is 0 Å². The first-order valence-corrected chi connectivity index (χ1v) is 8.70. The maximum atomic E-state index is 9.55. The predicted molar refractivity (Wildman–Crippen MR) is 103 cm³/mol. The number of fused-ring (bicyclic) bond motifs is 2. The summed E-state index contributed by atoms with van der Waals surface area (Å²) in [5.41, 5.74) is 4.52. The SMILES string of the molecule is CN1Cc2ccccc2C(c2nc3ccccc3o2)C1.O=C(O)/C=C\C(=O)O. The van der Waals surface area contributed by atoms with Crippen molar-refractivity contribution in [3.05, 3.63) is 77.7 Å². The Labute approximate surface area is 161 Å². The number of benzene rings is 2. The molecular formula is C21H20N2O5. The smallest absolute Gasteiger partial charge is 0.328 e. The van der Waals surface area contributed by atoms with E-state index in [-0.39, 0.29) is 5.92 Å². The van der Waals surface area contributed by atoms with Crippen LogP contribution >= 0.6 is 0 Å². The molecule has 1 atom stereocenters. The molecule has 1 aliphatic heterocycles. The zero-order chi connectivity index (χ0) is 20.1. The van der Waals surface area contributed by atoms with Gasteiger partial charge in [-0.25, -0.2) is 14.6 Å². The maximum absolute atomic E-state index is 9.55. The largest absolute Gasteiger partial charge is 0.478 e. The summed E-state index contributed by atoms with van der Waals surface area (Å²) in [4.78, 5) is 26.1. The van der Waals surface area contributed by atoms with Crippen LogP contribution in [0.4, 0.5) is 0 Å². The van der Waals surface area contributed by atoms with Crippen LogP contribution in [0.25, 0.3) is 11.1 Å². The molecule has 0 bridgehead atoms. The van der Waals surface area contributed by atoms with Gasteiger partial charge in [0.2, 0.25) is 5.89 Å². The fourth-order valence-corrected chi connectivity index (χ4v) is 3.18. The molecule has 0 saturated carbocycles. The average molecular weight is 380 g/mol. The number of carboxylic acids is 2. The van der Waals surface area contributed by atoms with Gasteiger partial charge in [0.25, 0.3) is 0 Å². The molecule has 0 fully saturated rings. The Morgan fingerprint density at radius 1 is 1.07 bits per heavy atom. The van der Waals surface area contributed by atoms with Gasteiger partial charge in [0.1, 0.15) is 5.52 Å². The van der Waals surface area contributed by atoms with Crippen molar-refractivity contribution >= 4 is 23.0 Å². The summed E-state index contributed by atoms with van der Waals surface area (Å²) in [6.45, 7) is 1.94. The molecule has 4 rings (SSSR count). The van der Waals surface area contributed by atoms with Crippen molar-refractivity contribution in [2.45, 2.75) is 12.5 Å². The summed E-state index contributed by atoms with van der Waals surface area (Å²) in [5.74, 6) is -1.47. The Bertz CT molecular complexity index is 975. The van der Waals surface area contributed by atoms with E-state index >= 15 is 0 Å². The minimum Gasteiger partial charge on any atom is -0.478 e. The third kappa shape index (κ3) is 4.63. The lowest BCUT2D eigenvalue weighted by molar-refractivity contribution is -0.134. The van der Waals surface area contributed by atoms with Crippen molar-refractivity contribution in [3.8, 4) is 0 Å². The number of hydrogen-bond acceptors (Lipinski definition) is 5. The summed E-state index contributed by atoms with van der Waals surface area (Å²) in [7, 11) is 2.14. The van der Waals surface area contributed by atoms with E-state index in [9.17, 15) is 9.59 Å². The first-order chi connectivity index (χ1) is 13.4. The third-order valence-corrected chi connectivity index (χ3v) is 4.34. The summed E-state index contributed by atoms with van der Waals surface area (Å²) < 4.78 is 5.97. The van der Waals surface area contributed by atoms with Gasteiger partial charge in [0, 0.05) is 25.2 Å². The van der Waals surface area contributed by atoms with Crippen molar-refractivity contribution in [1.29, 1.82) is 0 Å². The van der Waals surface area contributed by atoms with Crippen LogP contribution in [0.1, 0.15) is 22.9 Å². The molecule has 3 aromatic rings. The molecule has 0 radical (unpaired) electrons. The van der Waals surface area contributed by atoms with Crippen LogP contribution in [0.2, 0.25) is 0 Å². The number of aromatic nitrogens is 1. The molecule has 2 heterocycles. The highest BCUT2D eigenvalue weighted by Crippen LogP contribution is 2.33. The van der Waals surface area contributed by atoms with Gasteiger partial charge >= 0.3 is 11.9 Å². The lowest BCUT2D eigenvalue weighted by atomic mass is 9.90. The van der Waals surface area contributed by atoms with E-state index in [1.807, 2.05) is 24.3 Å². The molecule has 0 saturated heterocycles. The Hall–Kier alpha value is -3.45. The number of rotatable bonds is 3. The van der Waals surface area contributed by atoms with Crippen LogP contribution in [-0.2, 0) is 16.1 Å². The van der Waals surface area contributed by atoms with Crippen molar-refractivity contribution in [1.82, 2.24) is 9.88 Å². The number of para-hydroxylation sites is 2. The summed E-state index contributed by atoms with van der Waals surface area (Å²) >= 11 is 0. The molecule has 144 valence electrons. The van der Waals surface area contributed by atoms with Crippen LogP contribution < -0.4 is 0 Å². The van der Waals surface area contributed by atoms with Crippen LogP contribution in [0.3, 0.4) is 0 Å². The second-order valence-corrected chi connectivity index (χ2v) is 6.48. The van der Waals surface area contributed by atoms with Crippen molar-refractivity contribution in [2.24, 2.45) is 0 Å². The molecule has 1 aromatic heterocycles. The summed E-state index contributed by atoms with van der Waals surface area (Å²) in [6.07, 6.45) is 1.12. The number of hydrogen-bond donors (Lipinski definition) is 2. The molecule has 0 amide bonds. The first-order valence-electron chi connectivity index (χ1n) is 8.70. The van der Waals surface area contributed by atoms with Crippen molar-refractivity contribution in [3.63, 3.8) is 0 Å². The Morgan fingerprint density at radius 3 is 2.39 bits per heavy atom. The number of carboxylic acid groups (broad SMARTS) is 2. The molecule has 7 nitrogen and oxygen atoms in total. The zero-order valence-electron chi connectivity index (χ0n) is 15.3. The molecule has 1 unspecified atom stereocenters. The summed E-state index contributed by atoms with van der Waals surface area (Å²) in [5, 5.41) is 15.6. The van der Waals surface area contributed by atoms with E-state index in [1.165, 1.54) is 11.1 Å². The van der Waals surface area contributed by atoms with Crippen molar-refractivity contribution in [2.75, 3.05) is 13.6 Å². The highest BCUT2D eigenvalue weighted by molar-refractivity contribution is 5.89. The summed E-state index contributed by atoms with van der Waals surface area (Å²) in [6, 6.07) is 16.5. The first kappa shape index (κ1) is 19.3. The molecule has 7 heteroatoms. The van der Waals surface area contributed by atoms with Crippen LogP contribution in [-0.4, -0.2) is 45.6 Å². The molecule has 2 aromatic carbocycles. The second kappa shape index (κ2) is 8.49. The number of nitrogens with zero attached hydrogens (tertiary/aromatic N) is 2. The monoisotopic (exact) mass is 380 g/mol. The highest BCUT2D eigenvalue weighted by Gasteiger charge is 2.28. The molecule has 0 spiro atoms. The van der Waals surface area contributed by atoms with Gasteiger partial charge in [-0.2, -0.15) is 0 Å². The van der Waals surface area contributed by atoms with Crippen LogP contribution in [0.15, 0.2) is 65.1 Å². The lowest BCUT2D eigenvalue weighted by Crippen LogP contribution is -2.31. The second-order valence-electron chi connectivity index (χ2n) is 6.48. The van der Waals surface area contributed by atoms with Crippen molar-refractivity contribution < 1.29 is 24.2 Å². The van der Waals surface area contributed by atoms with E-state index in [4.69, 9.17) is 14.6 Å². The van der Waals surface area contributed by atoms with Crippen LogP contribution in [0, 0.1) is 0 Å². The fourth-order valence-electron chi connectivity index (χ4n) is 3.18. The molecule has 1 aliphatic rings. The normalized spacial score (nSPS) is 16.4. The third-order valence-electron chi connectivity index (χ3n) is 4.34. The van der Waals surface area contributed by atoms with Gasteiger partial charge in [-0.05, 0) is 30.3 Å². The topological polar surface area (TPSA) is 104 Å². The van der Waals surface area contributed by atoms with E-state index in [2.05, 4.69) is 41.2 Å². The number of aliphatic carboxylic acids is 2. The number of carbonyl (C=O) groups is 2. The molecule has 28 heavy (non-hydrogen) atoms. The number of likely N-dealkylation sites (N-methyl/N-ethyl adjacent to an activating group) is 1. The van der Waals surface area contributed by atoms with Gasteiger partial charge < -0.3 is 19.5 Å². The van der Waals surface area contributed by atoms with E-state index in [0.29, 0.717) is 12.2 Å². The average Bonchev–Trinajstić information content (AvgIpc) is 3.10. The molecular weight excluding hydrogens is 360 g/mol. The predicted octanol–water partition coefficient (Wildman–Crippen LogP) is 3.12. The Morgan fingerprint density at radius 2 is 1.71 bits per heavy atom. The minimum absolute atomic E-state index is 0.220. The van der Waals surface area contributed by atoms with E-state index in [1.54, 1.807) is 0 Å². The quantitative estimate of drug-likeness (QED) is 0.673. The van der Waals surface area contributed by atoms with Gasteiger partial charge in [0.05, 0.1) is 5.92 Å². The fraction of sp³-hybridized carbons (Fsp3) is 0.190. The van der Waals surface area contributed by atoms with Gasteiger partial charge in [-0.1, -0.05) is 36.4 Å². The highest BCUT2D eigenvalue weighted by atomic mass is 16.4. The van der Waals surface area contributed by atoms with E-state index in [0.717, 1.165) is 30.1 Å². The zero-order valence-corrected chi connectivity index (χ0v) is 15.3. The number of oxazole rings is 1. The lowest BCUT2D eigenvalue weighted by Gasteiger charge is -2.30. The maximum Gasteiger partial charge on any atom is 0.328 e. The van der Waals surface area contributed by atoms with E-state index < -0.39 is 11.9 Å². The molecule has 0 aliphatic carbocycles. The molecule has 2 N–H and O–H groups in total. The Balaban J connectivity index is 0.000000242. The van der Waals surface area contributed by atoms with Gasteiger partial charge in [0.15, 0.2) is 5.58 Å². The van der Waals surface area contributed by atoms with Gasteiger partial charge in [-0.15, -0.1) is 0 Å².